The Morgan fingerprint density at radius 3 is 2.21 bits per heavy atom. The van der Waals surface area contributed by atoms with Crippen molar-refractivity contribution in [3.63, 3.8) is 0 Å². The molecule has 33 heavy (non-hydrogen) atoms. The van der Waals surface area contributed by atoms with Gasteiger partial charge in [0.1, 0.15) is 6.54 Å². The second-order valence-corrected chi connectivity index (χ2v) is 8.69. The monoisotopic (exact) mass is 449 g/mol. The van der Waals surface area contributed by atoms with Crippen molar-refractivity contribution in [1.82, 2.24) is 15.5 Å². The Balaban J connectivity index is 1.25. The van der Waals surface area contributed by atoms with Gasteiger partial charge in [-0.15, -0.1) is 0 Å². The van der Waals surface area contributed by atoms with Gasteiger partial charge in [-0.3, -0.25) is 10.1 Å². The van der Waals surface area contributed by atoms with Crippen LogP contribution < -0.4 is 20.9 Å². The van der Waals surface area contributed by atoms with Crippen LogP contribution in [0.2, 0.25) is 0 Å². The number of hydrogen-bond donors (Lipinski definition) is 3. The lowest BCUT2D eigenvalue weighted by Gasteiger charge is -2.33. The zero-order valence-electron chi connectivity index (χ0n) is 19.0. The maximum absolute atomic E-state index is 12.1. The van der Waals surface area contributed by atoms with Gasteiger partial charge in [-0.2, -0.15) is 0 Å². The number of urea groups is 2. The highest BCUT2D eigenvalue weighted by Gasteiger charge is 2.31. The quantitative estimate of drug-likeness (QED) is 0.551. The molecule has 2 aliphatic heterocycles. The fraction of sp³-hybridized carbons (Fsp3) is 0.400. The summed E-state index contributed by atoms with van der Waals surface area (Å²) < 4.78 is 0. The molecule has 0 aromatic heterocycles. The summed E-state index contributed by atoms with van der Waals surface area (Å²) in [6, 6.07) is 15.0. The Morgan fingerprint density at radius 2 is 1.64 bits per heavy atom. The van der Waals surface area contributed by atoms with Crippen LogP contribution in [0.3, 0.4) is 0 Å². The molecular formula is C25H31N5O3. The van der Waals surface area contributed by atoms with E-state index in [0.29, 0.717) is 0 Å². The van der Waals surface area contributed by atoms with Crippen molar-refractivity contribution in [3.05, 3.63) is 54.1 Å². The zero-order valence-corrected chi connectivity index (χ0v) is 19.0. The Morgan fingerprint density at radius 1 is 1.00 bits per heavy atom. The van der Waals surface area contributed by atoms with E-state index in [0.717, 1.165) is 40.8 Å². The van der Waals surface area contributed by atoms with Crippen LogP contribution in [0.1, 0.15) is 38.2 Å². The Kier molecular flexibility index (Phi) is 7.12. The van der Waals surface area contributed by atoms with Gasteiger partial charge in [-0.05, 0) is 60.7 Å². The molecule has 2 aromatic rings. The molecule has 0 radical (unpaired) electrons. The maximum atomic E-state index is 12.1. The number of benzene rings is 2. The predicted molar refractivity (Wildman–Crippen MR) is 128 cm³/mol. The lowest BCUT2D eigenvalue weighted by Crippen LogP contribution is -2.41. The number of piperidine rings is 1. The highest BCUT2D eigenvalue weighted by atomic mass is 16.2. The molecule has 0 saturated carbocycles. The fourth-order valence-corrected chi connectivity index (χ4v) is 4.40. The number of nitrogens with one attached hydrogen (secondary N) is 3. The van der Waals surface area contributed by atoms with E-state index < -0.39 is 18.0 Å². The third-order valence-corrected chi connectivity index (χ3v) is 6.27. The topological polar surface area (TPSA) is 93.8 Å². The molecule has 3 N–H and O–H groups in total. The van der Waals surface area contributed by atoms with Crippen LogP contribution in [-0.4, -0.2) is 42.5 Å². The smallest absolute Gasteiger partial charge is 0.332 e. The van der Waals surface area contributed by atoms with Crippen molar-refractivity contribution in [2.75, 3.05) is 29.9 Å². The van der Waals surface area contributed by atoms with Gasteiger partial charge in [0, 0.05) is 36.7 Å². The molecule has 0 atom stereocenters. The van der Waals surface area contributed by atoms with Gasteiger partial charge in [0.25, 0.3) is 0 Å². The fourth-order valence-electron chi connectivity index (χ4n) is 4.40. The van der Waals surface area contributed by atoms with Crippen LogP contribution in [-0.2, 0) is 11.3 Å². The number of hydrogen-bond acceptors (Lipinski definition) is 5. The molecule has 0 spiro atoms. The molecule has 2 saturated heterocycles. The second-order valence-electron chi connectivity index (χ2n) is 8.69. The van der Waals surface area contributed by atoms with Crippen molar-refractivity contribution in [2.24, 2.45) is 5.92 Å². The Bertz CT molecular complexity index is 982. The van der Waals surface area contributed by atoms with Crippen LogP contribution >= 0.6 is 0 Å². The molecule has 8 heteroatoms. The highest BCUT2D eigenvalue weighted by Crippen LogP contribution is 2.27. The van der Waals surface area contributed by atoms with Gasteiger partial charge in [-0.25, -0.2) is 14.5 Å². The molecule has 5 amide bonds. The predicted octanol–water partition coefficient (Wildman–Crippen LogP) is 4.21. The van der Waals surface area contributed by atoms with E-state index in [-0.39, 0.29) is 13.1 Å². The van der Waals surface area contributed by atoms with Crippen LogP contribution in [0, 0.1) is 5.92 Å². The summed E-state index contributed by atoms with van der Waals surface area (Å²) in [4.78, 5) is 38.1. The lowest BCUT2D eigenvalue weighted by atomic mass is 9.92. The van der Waals surface area contributed by atoms with E-state index in [1.165, 1.54) is 31.4 Å². The number of nitrogens with zero attached hydrogens (tertiary/aromatic N) is 2. The van der Waals surface area contributed by atoms with Gasteiger partial charge in [-0.1, -0.05) is 31.9 Å². The van der Waals surface area contributed by atoms with E-state index in [4.69, 9.17) is 0 Å². The largest absolute Gasteiger partial charge is 0.372 e. The molecule has 2 fully saturated rings. The number of imide groups is 2. The molecule has 0 bridgehead atoms. The summed E-state index contributed by atoms with van der Waals surface area (Å²) in [6.07, 6.45) is 5.19. The average Bonchev–Trinajstić information content (AvgIpc) is 3.17. The van der Waals surface area contributed by atoms with Gasteiger partial charge < -0.3 is 15.5 Å². The summed E-state index contributed by atoms with van der Waals surface area (Å²) in [5.74, 6) is 0.405. The number of amides is 5. The molecule has 0 unspecified atom stereocenters. The average molecular weight is 450 g/mol. The number of carbonyl (C=O) groups is 3. The second kappa shape index (κ2) is 10.4. The summed E-state index contributed by atoms with van der Waals surface area (Å²) in [5.41, 5.74) is 4.13. The normalized spacial score (nSPS) is 16.6. The van der Waals surface area contributed by atoms with Gasteiger partial charge in [0.15, 0.2) is 0 Å². The lowest BCUT2D eigenvalue weighted by molar-refractivity contribution is -0.118. The van der Waals surface area contributed by atoms with Gasteiger partial charge in [0.2, 0.25) is 5.91 Å². The standard InChI is InChI=1S/C25H31N5O3/c1-2-3-18-12-14-29(15-13-18)22-10-8-21(9-11-22)27-20-6-4-19(5-7-20)16-26-24(32)30-17-23(31)28-25(30)33/h4-11,18,27H,2-3,12-17H2,1H3,(H,26,32)(H,28,31,33). The summed E-state index contributed by atoms with van der Waals surface area (Å²) in [5, 5.41) is 8.14. The summed E-state index contributed by atoms with van der Waals surface area (Å²) in [7, 11) is 0. The third kappa shape index (κ3) is 5.83. The van der Waals surface area contributed by atoms with Crippen molar-refractivity contribution < 1.29 is 14.4 Å². The van der Waals surface area contributed by atoms with Crippen LogP contribution in [0.15, 0.2) is 48.5 Å². The van der Waals surface area contributed by atoms with Crippen molar-refractivity contribution in [2.45, 2.75) is 39.2 Å². The Labute approximate surface area is 194 Å². The minimum Gasteiger partial charge on any atom is -0.372 e. The maximum Gasteiger partial charge on any atom is 0.332 e. The summed E-state index contributed by atoms with van der Waals surface area (Å²) >= 11 is 0. The first-order valence-corrected chi connectivity index (χ1v) is 11.6. The van der Waals surface area contributed by atoms with Crippen molar-refractivity contribution in [3.8, 4) is 0 Å². The molecule has 174 valence electrons. The van der Waals surface area contributed by atoms with E-state index in [1.54, 1.807) is 0 Å². The molecule has 2 aromatic carbocycles. The van der Waals surface area contributed by atoms with Crippen LogP contribution in [0.25, 0.3) is 0 Å². The summed E-state index contributed by atoms with van der Waals surface area (Å²) in [6.45, 7) is 4.55. The highest BCUT2D eigenvalue weighted by molar-refractivity contribution is 6.09. The van der Waals surface area contributed by atoms with E-state index in [2.05, 4.69) is 52.0 Å². The van der Waals surface area contributed by atoms with Gasteiger partial charge >= 0.3 is 12.1 Å². The first kappa shape index (κ1) is 22.6. The molecule has 2 aliphatic rings. The minimum absolute atomic E-state index is 0.247. The van der Waals surface area contributed by atoms with E-state index >= 15 is 0 Å². The molecular weight excluding hydrogens is 418 g/mol. The van der Waals surface area contributed by atoms with Crippen LogP contribution in [0.5, 0.6) is 0 Å². The van der Waals surface area contributed by atoms with E-state index in [1.807, 2.05) is 24.3 Å². The van der Waals surface area contributed by atoms with Crippen molar-refractivity contribution >= 4 is 35.0 Å². The first-order valence-electron chi connectivity index (χ1n) is 11.6. The van der Waals surface area contributed by atoms with Gasteiger partial charge in [0.05, 0.1) is 0 Å². The van der Waals surface area contributed by atoms with Crippen LogP contribution in [0.4, 0.5) is 26.7 Å². The van der Waals surface area contributed by atoms with E-state index in [9.17, 15) is 14.4 Å². The number of rotatable bonds is 7. The first-order chi connectivity index (χ1) is 16.0. The molecule has 2 heterocycles. The molecule has 4 rings (SSSR count). The zero-order chi connectivity index (χ0) is 23.2. The number of anilines is 3. The SMILES string of the molecule is CCCC1CCN(c2ccc(Nc3ccc(CNC(=O)N4CC(=O)NC4=O)cc3)cc2)CC1. The van der Waals surface area contributed by atoms with Crippen molar-refractivity contribution in [1.29, 1.82) is 0 Å². The Hall–Kier alpha value is -3.55. The molecule has 8 nitrogen and oxygen atoms in total. The third-order valence-electron chi connectivity index (χ3n) is 6.27. The number of carbonyl (C=O) groups excluding carboxylic acids is 3. The molecule has 0 aliphatic carbocycles. The minimum atomic E-state index is -0.691.